The highest BCUT2D eigenvalue weighted by Gasteiger charge is 2.30. The van der Waals surface area contributed by atoms with Gasteiger partial charge in [0.25, 0.3) is 0 Å². The molecular formula is C16H12F3NO2. The molecule has 0 spiro atoms. The Morgan fingerprint density at radius 2 is 1.68 bits per heavy atom. The molecule has 0 saturated heterocycles. The van der Waals surface area contributed by atoms with E-state index in [4.69, 9.17) is 5.26 Å². The van der Waals surface area contributed by atoms with Gasteiger partial charge in [-0.1, -0.05) is 18.2 Å². The van der Waals surface area contributed by atoms with Crippen LogP contribution in [0.25, 0.3) is 11.1 Å². The lowest BCUT2D eigenvalue weighted by atomic mass is 10.00. The number of nitriles is 1. The monoisotopic (exact) mass is 307 g/mol. The number of aromatic hydroxyl groups is 1. The molecule has 0 unspecified atom stereocenters. The Morgan fingerprint density at radius 1 is 1.05 bits per heavy atom. The molecule has 22 heavy (non-hydrogen) atoms. The first-order valence-electron chi connectivity index (χ1n) is 6.44. The maximum Gasteiger partial charge on any atom is 0.573 e. The third-order valence-corrected chi connectivity index (χ3v) is 3.01. The normalized spacial score (nSPS) is 11.0. The number of ether oxygens (including phenoxy) is 1. The molecule has 0 aromatic heterocycles. The highest BCUT2D eigenvalue weighted by molar-refractivity contribution is 5.66. The molecule has 0 radical (unpaired) electrons. The van der Waals surface area contributed by atoms with Crippen LogP contribution in [0.4, 0.5) is 13.2 Å². The number of hydrogen-bond acceptors (Lipinski definition) is 3. The Balaban J connectivity index is 2.23. The van der Waals surface area contributed by atoms with Gasteiger partial charge in [0.2, 0.25) is 0 Å². The summed E-state index contributed by atoms with van der Waals surface area (Å²) in [6, 6.07) is 12.3. The van der Waals surface area contributed by atoms with Crippen molar-refractivity contribution < 1.29 is 23.0 Å². The van der Waals surface area contributed by atoms with Crippen LogP contribution in [-0.2, 0) is 6.42 Å². The number of alkyl halides is 3. The molecule has 0 amide bonds. The van der Waals surface area contributed by atoms with Crippen LogP contribution in [-0.4, -0.2) is 11.5 Å². The molecule has 0 saturated carbocycles. The molecule has 0 heterocycles. The largest absolute Gasteiger partial charge is 0.573 e. The molecule has 114 valence electrons. The highest BCUT2D eigenvalue weighted by atomic mass is 19.4. The van der Waals surface area contributed by atoms with Crippen LogP contribution in [0.3, 0.4) is 0 Å². The van der Waals surface area contributed by atoms with Crippen LogP contribution in [0.15, 0.2) is 42.5 Å². The van der Waals surface area contributed by atoms with E-state index < -0.39 is 6.36 Å². The minimum atomic E-state index is -4.72. The zero-order valence-corrected chi connectivity index (χ0v) is 11.4. The molecule has 3 nitrogen and oxygen atoms in total. The summed E-state index contributed by atoms with van der Waals surface area (Å²) in [6.07, 6.45) is -4.04. The van der Waals surface area contributed by atoms with Gasteiger partial charge in [-0.25, -0.2) is 0 Å². The number of rotatable bonds is 4. The summed E-state index contributed by atoms with van der Waals surface area (Å²) >= 11 is 0. The Bertz CT molecular complexity index is 688. The van der Waals surface area contributed by atoms with Crippen molar-refractivity contribution in [2.45, 2.75) is 19.2 Å². The van der Waals surface area contributed by atoms with Crippen LogP contribution in [0, 0.1) is 11.3 Å². The summed E-state index contributed by atoms with van der Waals surface area (Å²) < 4.78 is 40.1. The van der Waals surface area contributed by atoms with E-state index in [1.54, 1.807) is 12.1 Å². The fraction of sp³-hybridized carbons (Fsp3) is 0.188. The summed E-state index contributed by atoms with van der Waals surface area (Å²) in [5, 5.41) is 18.3. The van der Waals surface area contributed by atoms with Crippen molar-refractivity contribution in [2.75, 3.05) is 0 Å². The fourth-order valence-corrected chi connectivity index (χ4v) is 2.00. The first kappa shape index (κ1) is 15.7. The van der Waals surface area contributed by atoms with Crippen LogP contribution in [0.1, 0.15) is 12.0 Å². The van der Waals surface area contributed by atoms with E-state index in [2.05, 4.69) is 4.74 Å². The van der Waals surface area contributed by atoms with Crippen LogP contribution < -0.4 is 4.74 Å². The maximum atomic E-state index is 12.1. The number of phenolic OH excluding ortho intramolecular Hbond substituents is 1. The van der Waals surface area contributed by atoms with E-state index in [-0.39, 0.29) is 17.9 Å². The number of nitrogens with zero attached hydrogens (tertiary/aromatic N) is 1. The molecule has 0 atom stereocenters. The van der Waals surface area contributed by atoms with Gasteiger partial charge in [-0.05, 0) is 47.4 Å². The molecule has 1 N–H and O–H groups in total. The number of phenols is 1. The van der Waals surface area contributed by atoms with E-state index in [0.29, 0.717) is 17.5 Å². The maximum absolute atomic E-state index is 12.1. The second-order valence-corrected chi connectivity index (χ2v) is 4.57. The van der Waals surface area contributed by atoms with Gasteiger partial charge >= 0.3 is 6.36 Å². The zero-order valence-electron chi connectivity index (χ0n) is 11.4. The molecule has 0 aliphatic rings. The molecule has 2 aromatic rings. The molecule has 2 rings (SSSR count). The molecule has 2 aromatic carbocycles. The van der Waals surface area contributed by atoms with Gasteiger partial charge in [-0.15, -0.1) is 13.2 Å². The van der Waals surface area contributed by atoms with E-state index >= 15 is 0 Å². The molecular weight excluding hydrogens is 295 g/mol. The predicted octanol–water partition coefficient (Wildman–Crippen LogP) is 4.41. The van der Waals surface area contributed by atoms with E-state index in [1.807, 2.05) is 6.07 Å². The van der Waals surface area contributed by atoms with Crippen LogP contribution in [0.2, 0.25) is 0 Å². The molecule has 0 aliphatic carbocycles. The standard InChI is InChI=1S/C16H12F3NO2/c17-16(18,19)22-14-6-3-11(4-7-14)12-5-8-15(21)13(10-12)2-1-9-20/h3-8,10,21H,1-2H2. The molecule has 0 bridgehead atoms. The Kier molecular flexibility index (Phi) is 4.56. The lowest BCUT2D eigenvalue weighted by molar-refractivity contribution is -0.274. The minimum Gasteiger partial charge on any atom is -0.508 e. The second kappa shape index (κ2) is 6.39. The van der Waals surface area contributed by atoms with Crippen molar-refractivity contribution in [3.05, 3.63) is 48.0 Å². The van der Waals surface area contributed by atoms with Crippen LogP contribution in [0.5, 0.6) is 11.5 Å². The van der Waals surface area contributed by atoms with Crippen LogP contribution >= 0.6 is 0 Å². The fourth-order valence-electron chi connectivity index (χ4n) is 2.00. The van der Waals surface area contributed by atoms with Crippen molar-refractivity contribution in [1.82, 2.24) is 0 Å². The van der Waals surface area contributed by atoms with Crippen molar-refractivity contribution in [3.8, 4) is 28.7 Å². The van der Waals surface area contributed by atoms with Gasteiger partial charge in [-0.2, -0.15) is 5.26 Å². The third kappa shape index (κ3) is 4.16. The van der Waals surface area contributed by atoms with E-state index in [9.17, 15) is 18.3 Å². The Morgan fingerprint density at radius 3 is 2.27 bits per heavy atom. The zero-order chi connectivity index (χ0) is 16.2. The number of aryl methyl sites for hydroxylation is 1. The van der Waals surface area contributed by atoms with Gasteiger partial charge < -0.3 is 9.84 Å². The third-order valence-electron chi connectivity index (χ3n) is 3.01. The molecule has 0 aliphatic heterocycles. The second-order valence-electron chi connectivity index (χ2n) is 4.57. The quantitative estimate of drug-likeness (QED) is 0.910. The summed E-state index contributed by atoms with van der Waals surface area (Å²) in [4.78, 5) is 0. The SMILES string of the molecule is N#CCCc1cc(-c2ccc(OC(F)(F)F)cc2)ccc1O. The lowest BCUT2D eigenvalue weighted by Gasteiger charge is -2.10. The van der Waals surface area contributed by atoms with Gasteiger partial charge in [0.15, 0.2) is 0 Å². The summed E-state index contributed by atoms with van der Waals surface area (Å²) in [6.45, 7) is 0. The highest BCUT2D eigenvalue weighted by Crippen LogP contribution is 2.29. The van der Waals surface area contributed by atoms with Gasteiger partial charge in [0.1, 0.15) is 11.5 Å². The summed E-state index contributed by atoms with van der Waals surface area (Å²) in [5.74, 6) is -0.198. The number of halogens is 3. The average Bonchev–Trinajstić information content (AvgIpc) is 2.46. The predicted molar refractivity (Wildman–Crippen MR) is 74.2 cm³/mol. The molecule has 6 heteroatoms. The smallest absolute Gasteiger partial charge is 0.508 e. The van der Waals surface area contributed by atoms with Crippen molar-refractivity contribution in [2.24, 2.45) is 0 Å². The average molecular weight is 307 g/mol. The first-order chi connectivity index (χ1) is 10.4. The number of hydrogen-bond donors (Lipinski definition) is 1. The van der Waals surface area contributed by atoms with Gasteiger partial charge in [-0.3, -0.25) is 0 Å². The summed E-state index contributed by atoms with van der Waals surface area (Å²) in [5.41, 5.74) is 2.05. The van der Waals surface area contributed by atoms with E-state index in [1.165, 1.54) is 30.3 Å². The topological polar surface area (TPSA) is 53.2 Å². The van der Waals surface area contributed by atoms with E-state index in [0.717, 1.165) is 5.56 Å². The Labute approximate surface area is 125 Å². The molecule has 0 fully saturated rings. The first-order valence-corrected chi connectivity index (χ1v) is 6.44. The van der Waals surface area contributed by atoms with Crippen molar-refractivity contribution >= 4 is 0 Å². The Hall–Kier alpha value is -2.68. The van der Waals surface area contributed by atoms with Crippen molar-refractivity contribution in [1.29, 1.82) is 5.26 Å². The lowest BCUT2D eigenvalue weighted by Crippen LogP contribution is -2.16. The summed E-state index contributed by atoms with van der Waals surface area (Å²) in [7, 11) is 0. The van der Waals surface area contributed by atoms with Crippen molar-refractivity contribution in [3.63, 3.8) is 0 Å². The van der Waals surface area contributed by atoms with Gasteiger partial charge in [0.05, 0.1) is 6.07 Å². The number of benzene rings is 2. The minimum absolute atomic E-state index is 0.0935. The van der Waals surface area contributed by atoms with Gasteiger partial charge in [0, 0.05) is 6.42 Å².